The molecule has 1 amide bonds. The predicted molar refractivity (Wildman–Crippen MR) is 100 cm³/mol. The lowest BCUT2D eigenvalue weighted by atomic mass is 10.2. The van der Waals surface area contributed by atoms with Crippen LogP contribution in [0.15, 0.2) is 36.7 Å². The van der Waals surface area contributed by atoms with Gasteiger partial charge in [-0.2, -0.15) is 0 Å². The summed E-state index contributed by atoms with van der Waals surface area (Å²) in [5.41, 5.74) is 2.39. The maximum absolute atomic E-state index is 12.8. The molecular weight excluding hydrogens is 314 g/mol. The van der Waals surface area contributed by atoms with E-state index in [2.05, 4.69) is 26.8 Å². The summed E-state index contributed by atoms with van der Waals surface area (Å²) in [6, 6.07) is 7.93. The Morgan fingerprint density at radius 2 is 1.92 bits per heavy atom. The molecule has 0 radical (unpaired) electrons. The third-order valence-corrected chi connectivity index (χ3v) is 4.56. The highest BCUT2D eigenvalue weighted by molar-refractivity contribution is 6.04. The van der Waals surface area contributed by atoms with Crippen molar-refractivity contribution in [1.82, 2.24) is 14.9 Å². The largest absolute Gasteiger partial charge is 0.353 e. The van der Waals surface area contributed by atoms with Gasteiger partial charge in [-0.15, -0.1) is 0 Å². The Labute approximate surface area is 149 Å². The van der Waals surface area contributed by atoms with Crippen LogP contribution >= 0.6 is 0 Å². The van der Waals surface area contributed by atoms with E-state index in [1.165, 1.54) is 0 Å². The van der Waals surface area contributed by atoms with E-state index >= 15 is 0 Å². The van der Waals surface area contributed by atoms with Crippen LogP contribution in [0.1, 0.15) is 23.0 Å². The minimum absolute atomic E-state index is 0.120. The van der Waals surface area contributed by atoms with E-state index in [1.54, 1.807) is 17.3 Å². The van der Waals surface area contributed by atoms with Crippen LogP contribution < -0.4 is 9.80 Å². The lowest BCUT2D eigenvalue weighted by Crippen LogP contribution is -2.44. The van der Waals surface area contributed by atoms with Gasteiger partial charge in [-0.05, 0) is 38.6 Å². The molecule has 0 saturated carbocycles. The van der Waals surface area contributed by atoms with Gasteiger partial charge in [-0.1, -0.05) is 12.1 Å². The van der Waals surface area contributed by atoms with Gasteiger partial charge < -0.3 is 14.7 Å². The second-order valence-corrected chi connectivity index (χ2v) is 6.44. The highest BCUT2D eigenvalue weighted by atomic mass is 16.2. The Bertz CT molecular complexity index is 723. The first-order valence-corrected chi connectivity index (χ1v) is 8.72. The number of hydrogen-bond acceptors (Lipinski definition) is 5. The molecule has 25 heavy (non-hydrogen) atoms. The van der Waals surface area contributed by atoms with Crippen LogP contribution in [0.2, 0.25) is 0 Å². The fourth-order valence-electron chi connectivity index (χ4n) is 3.01. The zero-order valence-corrected chi connectivity index (χ0v) is 15.1. The Morgan fingerprint density at radius 3 is 2.52 bits per heavy atom. The Kier molecular flexibility index (Phi) is 5.28. The summed E-state index contributed by atoms with van der Waals surface area (Å²) in [6.07, 6.45) is 3.30. The number of hydrogen-bond donors (Lipinski definition) is 0. The molecule has 0 spiro atoms. The molecule has 6 nitrogen and oxygen atoms in total. The van der Waals surface area contributed by atoms with Crippen molar-refractivity contribution in [3.8, 4) is 0 Å². The van der Waals surface area contributed by atoms with E-state index in [-0.39, 0.29) is 5.91 Å². The smallest absolute Gasteiger partial charge is 0.278 e. The molecule has 2 heterocycles. The molecule has 1 aliphatic rings. The SMILES string of the molecule is CCN(C(=O)c1cnc(N2CCN(C)CC2)cn1)c1cccc(C)c1. The van der Waals surface area contributed by atoms with Gasteiger partial charge >= 0.3 is 0 Å². The molecule has 1 aliphatic heterocycles. The van der Waals surface area contributed by atoms with Crippen LogP contribution in [0.4, 0.5) is 11.5 Å². The molecule has 0 unspecified atom stereocenters. The average molecular weight is 339 g/mol. The van der Waals surface area contributed by atoms with Crippen molar-refractivity contribution < 1.29 is 4.79 Å². The maximum Gasteiger partial charge on any atom is 0.278 e. The first-order chi connectivity index (χ1) is 12.1. The number of carbonyl (C=O) groups excluding carboxylic acids is 1. The monoisotopic (exact) mass is 339 g/mol. The Morgan fingerprint density at radius 1 is 1.16 bits per heavy atom. The molecule has 6 heteroatoms. The average Bonchev–Trinajstić information content (AvgIpc) is 2.63. The summed E-state index contributed by atoms with van der Waals surface area (Å²) in [4.78, 5) is 27.9. The number of likely N-dealkylation sites (N-methyl/N-ethyl adjacent to an activating group) is 1. The van der Waals surface area contributed by atoms with Crippen molar-refractivity contribution in [1.29, 1.82) is 0 Å². The topological polar surface area (TPSA) is 52.6 Å². The summed E-state index contributed by atoms with van der Waals surface area (Å²) < 4.78 is 0. The van der Waals surface area contributed by atoms with Crippen LogP contribution in [0.3, 0.4) is 0 Å². The van der Waals surface area contributed by atoms with Crippen LogP contribution in [0.5, 0.6) is 0 Å². The molecule has 0 N–H and O–H groups in total. The van der Waals surface area contributed by atoms with Crippen molar-refractivity contribution in [2.45, 2.75) is 13.8 Å². The van der Waals surface area contributed by atoms with Crippen molar-refractivity contribution in [3.63, 3.8) is 0 Å². The van der Waals surface area contributed by atoms with Crippen LogP contribution in [-0.2, 0) is 0 Å². The van der Waals surface area contributed by atoms with Gasteiger partial charge in [-0.3, -0.25) is 4.79 Å². The number of nitrogens with zero attached hydrogens (tertiary/aromatic N) is 5. The van der Waals surface area contributed by atoms with Crippen LogP contribution in [0, 0.1) is 6.92 Å². The number of aromatic nitrogens is 2. The number of benzene rings is 1. The van der Waals surface area contributed by atoms with E-state index < -0.39 is 0 Å². The summed E-state index contributed by atoms with van der Waals surface area (Å²) in [5.74, 6) is 0.716. The van der Waals surface area contributed by atoms with Crippen molar-refractivity contribution in [2.24, 2.45) is 0 Å². The minimum atomic E-state index is -0.120. The molecule has 1 aromatic heterocycles. The number of aryl methyl sites for hydroxylation is 1. The van der Waals surface area contributed by atoms with Gasteiger partial charge in [0.2, 0.25) is 0 Å². The van der Waals surface area contributed by atoms with Crippen LogP contribution in [-0.4, -0.2) is 60.5 Å². The number of rotatable bonds is 4. The molecule has 3 rings (SSSR count). The van der Waals surface area contributed by atoms with Crippen molar-refractivity contribution in [2.75, 3.05) is 49.6 Å². The molecule has 1 fully saturated rings. The molecule has 0 bridgehead atoms. The van der Waals surface area contributed by atoms with E-state index in [0.29, 0.717) is 12.2 Å². The van der Waals surface area contributed by atoms with E-state index in [1.807, 2.05) is 38.1 Å². The first-order valence-electron chi connectivity index (χ1n) is 8.72. The van der Waals surface area contributed by atoms with E-state index in [9.17, 15) is 4.79 Å². The molecule has 2 aromatic rings. The minimum Gasteiger partial charge on any atom is -0.353 e. The third kappa shape index (κ3) is 3.96. The van der Waals surface area contributed by atoms with Gasteiger partial charge in [0.15, 0.2) is 0 Å². The van der Waals surface area contributed by atoms with E-state index in [4.69, 9.17) is 0 Å². The van der Waals surface area contributed by atoms with Gasteiger partial charge in [0.25, 0.3) is 5.91 Å². The highest BCUT2D eigenvalue weighted by Crippen LogP contribution is 2.18. The maximum atomic E-state index is 12.8. The number of amides is 1. The van der Waals surface area contributed by atoms with Gasteiger partial charge in [0.1, 0.15) is 11.5 Å². The number of anilines is 2. The highest BCUT2D eigenvalue weighted by Gasteiger charge is 2.20. The third-order valence-electron chi connectivity index (χ3n) is 4.56. The van der Waals surface area contributed by atoms with Gasteiger partial charge in [0, 0.05) is 38.4 Å². The molecular formula is C19H25N5O. The second-order valence-electron chi connectivity index (χ2n) is 6.44. The zero-order valence-electron chi connectivity index (χ0n) is 15.1. The molecule has 1 saturated heterocycles. The lowest BCUT2D eigenvalue weighted by Gasteiger charge is -2.33. The quantitative estimate of drug-likeness (QED) is 0.855. The number of piperazine rings is 1. The Hall–Kier alpha value is -2.47. The summed E-state index contributed by atoms with van der Waals surface area (Å²) >= 11 is 0. The normalized spacial score (nSPS) is 15.2. The van der Waals surface area contributed by atoms with E-state index in [0.717, 1.165) is 43.2 Å². The lowest BCUT2D eigenvalue weighted by molar-refractivity contribution is 0.0983. The summed E-state index contributed by atoms with van der Waals surface area (Å²) in [5, 5.41) is 0. The predicted octanol–water partition coefficient (Wildman–Crippen LogP) is 2.20. The Balaban J connectivity index is 1.75. The summed E-state index contributed by atoms with van der Waals surface area (Å²) in [7, 11) is 2.12. The van der Waals surface area contributed by atoms with Crippen molar-refractivity contribution in [3.05, 3.63) is 47.9 Å². The first kappa shape index (κ1) is 17.4. The van der Waals surface area contributed by atoms with Gasteiger partial charge in [-0.25, -0.2) is 9.97 Å². The van der Waals surface area contributed by atoms with Crippen molar-refractivity contribution >= 4 is 17.4 Å². The number of carbonyl (C=O) groups is 1. The fourth-order valence-corrected chi connectivity index (χ4v) is 3.01. The molecule has 132 valence electrons. The van der Waals surface area contributed by atoms with Crippen LogP contribution in [0.25, 0.3) is 0 Å². The fraction of sp³-hybridized carbons (Fsp3) is 0.421. The second kappa shape index (κ2) is 7.61. The molecule has 0 atom stereocenters. The van der Waals surface area contributed by atoms with Gasteiger partial charge in [0.05, 0.1) is 12.4 Å². The zero-order chi connectivity index (χ0) is 17.8. The standard InChI is InChI=1S/C19H25N5O/c1-4-24(16-7-5-6-15(2)12-16)19(25)17-13-21-18(14-20-17)23-10-8-22(3)9-11-23/h5-7,12-14H,4,8-11H2,1-3H3. The molecule has 1 aromatic carbocycles. The summed E-state index contributed by atoms with van der Waals surface area (Å²) in [6.45, 7) is 8.47. The molecule has 0 aliphatic carbocycles.